The van der Waals surface area contributed by atoms with Crippen molar-refractivity contribution in [2.75, 3.05) is 57.7 Å². The predicted octanol–water partition coefficient (Wildman–Crippen LogP) is 1.60. The molecule has 0 radical (unpaired) electrons. The minimum absolute atomic E-state index is 0.255. The van der Waals surface area contributed by atoms with Crippen molar-refractivity contribution in [2.24, 2.45) is 0 Å². The fraction of sp³-hybridized carbons (Fsp3) is 0.550. The zero-order valence-electron chi connectivity index (χ0n) is 16.3. The molecule has 1 aromatic carbocycles. The SMILES string of the molecule is C=CC(=O)Nc1ccc(S(=O)(=O)N2CCN(CCN3CCCCC3)CC2)cc1. The van der Waals surface area contributed by atoms with Gasteiger partial charge in [-0.3, -0.25) is 9.69 Å². The van der Waals surface area contributed by atoms with Crippen molar-refractivity contribution in [1.82, 2.24) is 14.1 Å². The lowest BCUT2D eigenvalue weighted by Gasteiger charge is -2.35. The maximum absolute atomic E-state index is 12.9. The number of hydrogen-bond donors (Lipinski definition) is 1. The first-order valence-corrected chi connectivity index (χ1v) is 11.4. The van der Waals surface area contributed by atoms with Gasteiger partial charge in [-0.25, -0.2) is 8.42 Å². The minimum atomic E-state index is -3.51. The lowest BCUT2D eigenvalue weighted by atomic mass is 10.1. The number of rotatable bonds is 7. The largest absolute Gasteiger partial charge is 0.323 e. The van der Waals surface area contributed by atoms with Gasteiger partial charge in [-0.1, -0.05) is 13.0 Å². The predicted molar refractivity (Wildman–Crippen MR) is 111 cm³/mol. The average molecular weight is 407 g/mol. The topological polar surface area (TPSA) is 73.0 Å². The summed E-state index contributed by atoms with van der Waals surface area (Å²) in [5, 5.41) is 2.62. The van der Waals surface area contributed by atoms with Crippen molar-refractivity contribution in [3.63, 3.8) is 0 Å². The highest BCUT2D eigenvalue weighted by Crippen LogP contribution is 2.20. The third-order valence-corrected chi connectivity index (χ3v) is 7.37. The molecule has 0 bridgehead atoms. The van der Waals surface area contributed by atoms with Crippen LogP contribution in [0.1, 0.15) is 19.3 Å². The Morgan fingerprint density at radius 2 is 1.50 bits per heavy atom. The molecule has 2 fully saturated rings. The maximum atomic E-state index is 12.9. The first-order chi connectivity index (χ1) is 13.5. The van der Waals surface area contributed by atoms with Gasteiger partial charge in [-0.15, -0.1) is 0 Å². The fourth-order valence-electron chi connectivity index (χ4n) is 3.71. The molecule has 0 saturated carbocycles. The summed E-state index contributed by atoms with van der Waals surface area (Å²) in [5.41, 5.74) is 0.548. The molecule has 2 aliphatic heterocycles. The number of nitrogens with one attached hydrogen (secondary N) is 1. The molecule has 1 N–H and O–H groups in total. The van der Waals surface area contributed by atoms with Crippen LogP contribution >= 0.6 is 0 Å². The Hall–Kier alpha value is -1.74. The quantitative estimate of drug-likeness (QED) is 0.697. The third kappa shape index (κ3) is 5.41. The Kier molecular flexibility index (Phi) is 7.23. The molecule has 2 saturated heterocycles. The highest BCUT2D eigenvalue weighted by molar-refractivity contribution is 7.89. The number of carbonyl (C=O) groups is 1. The Balaban J connectivity index is 1.51. The number of nitrogens with zero attached hydrogens (tertiary/aromatic N) is 3. The van der Waals surface area contributed by atoms with Gasteiger partial charge in [0.25, 0.3) is 0 Å². The summed E-state index contributed by atoms with van der Waals surface area (Å²) in [4.78, 5) is 16.5. The van der Waals surface area contributed by atoms with Crippen LogP contribution in [-0.4, -0.2) is 80.8 Å². The Bertz CT molecular complexity index is 765. The van der Waals surface area contributed by atoms with E-state index in [9.17, 15) is 13.2 Å². The fourth-order valence-corrected chi connectivity index (χ4v) is 5.13. The normalized spacial score (nSPS) is 20.0. The van der Waals surface area contributed by atoms with E-state index in [2.05, 4.69) is 21.7 Å². The van der Waals surface area contributed by atoms with Gasteiger partial charge in [-0.05, 0) is 56.3 Å². The van der Waals surface area contributed by atoms with Crippen LogP contribution in [0, 0.1) is 0 Å². The van der Waals surface area contributed by atoms with Crippen LogP contribution in [0.4, 0.5) is 5.69 Å². The molecule has 2 heterocycles. The first kappa shape index (κ1) is 21.0. The van der Waals surface area contributed by atoms with Crippen molar-refractivity contribution < 1.29 is 13.2 Å². The van der Waals surface area contributed by atoms with E-state index in [1.54, 1.807) is 16.4 Å². The van der Waals surface area contributed by atoms with E-state index >= 15 is 0 Å². The van der Waals surface area contributed by atoms with Crippen LogP contribution < -0.4 is 5.32 Å². The van der Waals surface area contributed by atoms with Crippen molar-refractivity contribution in [2.45, 2.75) is 24.2 Å². The van der Waals surface area contributed by atoms with Gasteiger partial charge in [0.1, 0.15) is 0 Å². The van der Waals surface area contributed by atoms with Gasteiger partial charge in [0.2, 0.25) is 15.9 Å². The first-order valence-electron chi connectivity index (χ1n) is 9.97. The summed E-state index contributed by atoms with van der Waals surface area (Å²) in [6.07, 6.45) is 5.11. The number of benzene rings is 1. The number of carbonyl (C=O) groups excluding carboxylic acids is 1. The van der Waals surface area contributed by atoms with Gasteiger partial charge in [0.15, 0.2) is 0 Å². The number of amides is 1. The van der Waals surface area contributed by atoms with Crippen LogP contribution in [0.3, 0.4) is 0 Å². The zero-order valence-corrected chi connectivity index (χ0v) is 17.2. The maximum Gasteiger partial charge on any atom is 0.247 e. The highest BCUT2D eigenvalue weighted by Gasteiger charge is 2.28. The Labute approximate surface area is 168 Å². The Morgan fingerprint density at radius 1 is 0.929 bits per heavy atom. The molecule has 28 heavy (non-hydrogen) atoms. The van der Waals surface area contributed by atoms with Crippen molar-refractivity contribution in [3.05, 3.63) is 36.9 Å². The summed E-state index contributed by atoms with van der Waals surface area (Å²) < 4.78 is 27.3. The summed E-state index contributed by atoms with van der Waals surface area (Å²) in [6, 6.07) is 6.28. The molecule has 2 aliphatic rings. The van der Waals surface area contributed by atoms with Crippen molar-refractivity contribution >= 4 is 21.6 Å². The van der Waals surface area contributed by atoms with Crippen LogP contribution in [0.25, 0.3) is 0 Å². The molecule has 7 nitrogen and oxygen atoms in total. The van der Waals surface area contributed by atoms with E-state index in [1.807, 2.05) is 0 Å². The number of anilines is 1. The molecule has 0 aliphatic carbocycles. The van der Waals surface area contributed by atoms with E-state index in [0.29, 0.717) is 18.8 Å². The number of likely N-dealkylation sites (tertiary alicyclic amines) is 1. The molecule has 8 heteroatoms. The van der Waals surface area contributed by atoms with Crippen LogP contribution in [0.5, 0.6) is 0 Å². The number of hydrogen-bond acceptors (Lipinski definition) is 5. The summed E-state index contributed by atoms with van der Waals surface area (Å²) in [5.74, 6) is -0.323. The van der Waals surface area contributed by atoms with E-state index < -0.39 is 10.0 Å². The average Bonchev–Trinajstić information content (AvgIpc) is 2.73. The molecule has 154 valence electrons. The van der Waals surface area contributed by atoms with E-state index in [1.165, 1.54) is 50.6 Å². The van der Waals surface area contributed by atoms with E-state index in [4.69, 9.17) is 0 Å². The number of piperidine rings is 1. The van der Waals surface area contributed by atoms with E-state index in [-0.39, 0.29) is 10.8 Å². The van der Waals surface area contributed by atoms with Gasteiger partial charge in [-0.2, -0.15) is 4.31 Å². The molecule has 0 spiro atoms. The van der Waals surface area contributed by atoms with Crippen molar-refractivity contribution in [1.29, 1.82) is 0 Å². The number of piperazine rings is 1. The highest BCUT2D eigenvalue weighted by atomic mass is 32.2. The molecule has 0 aromatic heterocycles. The van der Waals surface area contributed by atoms with Crippen LogP contribution in [0.2, 0.25) is 0 Å². The lowest BCUT2D eigenvalue weighted by molar-refractivity contribution is -0.111. The molecule has 1 aromatic rings. The smallest absolute Gasteiger partial charge is 0.247 e. The van der Waals surface area contributed by atoms with Crippen LogP contribution in [0.15, 0.2) is 41.8 Å². The second-order valence-corrected chi connectivity index (χ2v) is 9.30. The van der Waals surface area contributed by atoms with Gasteiger partial charge in [0.05, 0.1) is 4.90 Å². The molecule has 0 atom stereocenters. The minimum Gasteiger partial charge on any atom is -0.323 e. The van der Waals surface area contributed by atoms with Crippen molar-refractivity contribution in [3.8, 4) is 0 Å². The molecule has 3 rings (SSSR count). The third-order valence-electron chi connectivity index (χ3n) is 5.46. The second-order valence-electron chi connectivity index (χ2n) is 7.37. The van der Waals surface area contributed by atoms with Gasteiger partial charge >= 0.3 is 0 Å². The summed E-state index contributed by atoms with van der Waals surface area (Å²) >= 11 is 0. The zero-order chi connectivity index (χ0) is 20.0. The molecule has 0 unspecified atom stereocenters. The van der Waals surface area contributed by atoms with E-state index in [0.717, 1.165) is 26.2 Å². The monoisotopic (exact) mass is 406 g/mol. The molecular formula is C20H30N4O3S. The summed E-state index contributed by atoms with van der Waals surface area (Å²) in [7, 11) is -3.51. The van der Waals surface area contributed by atoms with Gasteiger partial charge in [0, 0.05) is 45.0 Å². The Morgan fingerprint density at radius 3 is 2.07 bits per heavy atom. The van der Waals surface area contributed by atoms with Gasteiger partial charge < -0.3 is 10.2 Å². The lowest BCUT2D eigenvalue weighted by Crippen LogP contribution is -2.50. The molecule has 1 amide bonds. The molecular weight excluding hydrogens is 376 g/mol. The second kappa shape index (κ2) is 9.65. The summed E-state index contributed by atoms with van der Waals surface area (Å²) in [6.45, 7) is 10.4. The van der Waals surface area contributed by atoms with Crippen LogP contribution in [-0.2, 0) is 14.8 Å². The standard InChI is InChI=1S/C20H30N4O3S/c1-2-20(25)21-18-6-8-19(9-7-18)28(26,27)24-16-14-23(15-17-24)13-12-22-10-4-3-5-11-22/h2,6-9H,1,3-5,10-17H2,(H,21,25). The number of sulfonamides is 1.